The minimum atomic E-state index is -0.868. The zero-order valence-corrected chi connectivity index (χ0v) is 25.6. The Bertz CT molecular complexity index is 1560. The van der Waals surface area contributed by atoms with Crippen molar-refractivity contribution >= 4 is 11.9 Å². The molecule has 4 aromatic rings. The molecule has 0 amide bonds. The highest BCUT2D eigenvalue weighted by Gasteiger charge is 2.45. The van der Waals surface area contributed by atoms with Crippen molar-refractivity contribution in [1.82, 2.24) is 0 Å². The second kappa shape index (κ2) is 13.5. The van der Waals surface area contributed by atoms with Crippen LogP contribution in [-0.4, -0.2) is 46.6 Å². The molecule has 6 heteroatoms. The average Bonchev–Trinajstić information content (AvgIpc) is 3.36. The van der Waals surface area contributed by atoms with Gasteiger partial charge in [0.1, 0.15) is 12.2 Å². The predicted molar refractivity (Wildman–Crippen MR) is 175 cm³/mol. The molecule has 2 N–H and O–H groups in total. The van der Waals surface area contributed by atoms with E-state index < -0.39 is 41.8 Å². The van der Waals surface area contributed by atoms with Gasteiger partial charge in [-0.15, -0.1) is 0 Å². The molecule has 0 heterocycles. The van der Waals surface area contributed by atoms with Crippen molar-refractivity contribution in [3.63, 3.8) is 0 Å². The second-order valence-electron chi connectivity index (χ2n) is 11.5. The molecular weight excluding hydrogens is 564 g/mol. The Morgan fingerprint density at radius 2 is 1.00 bits per heavy atom. The van der Waals surface area contributed by atoms with E-state index in [0.29, 0.717) is 12.8 Å². The standard InChI is InChI=1S/C39H38O6/c1-5-37(42)44-25(3)35(40)23-27-15-19-29(20-16-27)39(33-13-9-7-11-31(33)32-12-8-10-14-34(32)39)30-21-17-28(18-22-30)24-36(41)26(4)45-38(43)6-2/h5-22,25-26,35-36,40-41H,1-2,23-24H2,3-4H3. The lowest BCUT2D eigenvalue weighted by molar-refractivity contribution is -0.148. The van der Waals surface area contributed by atoms with Gasteiger partial charge in [-0.25, -0.2) is 9.59 Å². The number of hydrogen-bond acceptors (Lipinski definition) is 6. The topological polar surface area (TPSA) is 93.1 Å². The fourth-order valence-electron chi connectivity index (χ4n) is 6.24. The van der Waals surface area contributed by atoms with E-state index in [9.17, 15) is 19.8 Å². The van der Waals surface area contributed by atoms with Gasteiger partial charge >= 0.3 is 11.9 Å². The van der Waals surface area contributed by atoms with Crippen molar-refractivity contribution in [3.8, 4) is 11.1 Å². The van der Waals surface area contributed by atoms with Crippen molar-refractivity contribution in [2.45, 2.75) is 56.5 Å². The summed E-state index contributed by atoms with van der Waals surface area (Å²) in [5.74, 6) is -1.13. The van der Waals surface area contributed by atoms with Crippen LogP contribution in [0.15, 0.2) is 122 Å². The van der Waals surface area contributed by atoms with Crippen molar-refractivity contribution in [3.05, 3.63) is 156 Å². The number of rotatable bonds is 12. The van der Waals surface area contributed by atoms with E-state index in [1.54, 1.807) is 13.8 Å². The van der Waals surface area contributed by atoms with Crippen molar-refractivity contribution < 1.29 is 29.3 Å². The van der Waals surface area contributed by atoms with Gasteiger partial charge in [0.25, 0.3) is 0 Å². The van der Waals surface area contributed by atoms with E-state index in [4.69, 9.17) is 9.47 Å². The molecule has 0 saturated heterocycles. The third-order valence-electron chi connectivity index (χ3n) is 8.64. The molecule has 0 spiro atoms. The Hall–Kier alpha value is -4.78. The number of aliphatic hydroxyl groups is 2. The number of aliphatic hydroxyl groups excluding tert-OH is 2. The Kier molecular flexibility index (Phi) is 9.47. The Morgan fingerprint density at radius 3 is 1.36 bits per heavy atom. The molecule has 0 aliphatic heterocycles. The van der Waals surface area contributed by atoms with Crippen LogP contribution in [0.1, 0.15) is 47.2 Å². The van der Waals surface area contributed by atoms with E-state index in [1.165, 1.54) is 22.3 Å². The lowest BCUT2D eigenvalue weighted by atomic mass is 9.67. The number of benzene rings is 4. The van der Waals surface area contributed by atoms with Crippen LogP contribution < -0.4 is 0 Å². The van der Waals surface area contributed by atoms with Crippen molar-refractivity contribution in [1.29, 1.82) is 0 Å². The second-order valence-corrected chi connectivity index (χ2v) is 11.5. The molecule has 4 atom stereocenters. The number of hydrogen-bond donors (Lipinski definition) is 2. The van der Waals surface area contributed by atoms with Crippen LogP contribution in [0, 0.1) is 0 Å². The van der Waals surface area contributed by atoms with Gasteiger partial charge in [0.2, 0.25) is 0 Å². The van der Waals surface area contributed by atoms with Crippen LogP contribution in [0.3, 0.4) is 0 Å². The molecule has 0 saturated carbocycles. The summed E-state index contributed by atoms with van der Waals surface area (Å²) in [6.07, 6.45) is -0.267. The summed E-state index contributed by atoms with van der Waals surface area (Å²) in [4.78, 5) is 23.2. The Morgan fingerprint density at radius 1 is 0.644 bits per heavy atom. The first-order valence-electron chi connectivity index (χ1n) is 15.1. The van der Waals surface area contributed by atoms with Crippen LogP contribution >= 0.6 is 0 Å². The van der Waals surface area contributed by atoms with E-state index in [2.05, 4.69) is 86.0 Å². The maximum absolute atomic E-state index is 11.6. The number of carbonyl (C=O) groups is 2. The SMILES string of the molecule is C=CC(=O)OC(C)C(O)Cc1ccc(C2(c3ccc(CC(O)C(C)OC(=O)C=C)cc3)c3ccccc3-c3ccccc32)cc1. The minimum absolute atomic E-state index is 0.323. The summed E-state index contributed by atoms with van der Waals surface area (Å²) < 4.78 is 10.4. The van der Waals surface area contributed by atoms with E-state index in [1.807, 2.05) is 24.3 Å². The third-order valence-corrected chi connectivity index (χ3v) is 8.64. The van der Waals surface area contributed by atoms with Gasteiger partial charge < -0.3 is 19.7 Å². The maximum Gasteiger partial charge on any atom is 0.330 e. The first kappa shape index (κ1) is 31.6. The van der Waals surface area contributed by atoms with Gasteiger partial charge in [-0.3, -0.25) is 0 Å². The quantitative estimate of drug-likeness (QED) is 0.133. The molecule has 0 bridgehead atoms. The van der Waals surface area contributed by atoms with E-state index in [-0.39, 0.29) is 0 Å². The first-order valence-corrected chi connectivity index (χ1v) is 15.1. The van der Waals surface area contributed by atoms with Gasteiger partial charge in [0.15, 0.2) is 0 Å². The van der Waals surface area contributed by atoms with Gasteiger partial charge in [0.05, 0.1) is 17.6 Å². The number of ether oxygens (including phenoxy) is 2. The highest BCUT2D eigenvalue weighted by Crippen LogP contribution is 2.55. The fraction of sp³-hybridized carbons (Fsp3) is 0.231. The number of esters is 2. The van der Waals surface area contributed by atoms with Crippen LogP contribution in [-0.2, 0) is 37.3 Å². The zero-order valence-electron chi connectivity index (χ0n) is 25.6. The molecule has 4 unspecified atom stereocenters. The maximum atomic E-state index is 11.6. The molecule has 1 aliphatic rings. The summed E-state index contributed by atoms with van der Waals surface area (Å²) in [6, 6.07) is 33.4. The average molecular weight is 603 g/mol. The zero-order chi connectivity index (χ0) is 32.1. The van der Waals surface area contributed by atoms with Gasteiger partial charge in [0, 0.05) is 25.0 Å². The molecule has 6 nitrogen and oxygen atoms in total. The molecule has 1 aliphatic carbocycles. The summed E-state index contributed by atoms with van der Waals surface area (Å²) in [5, 5.41) is 21.4. The number of carbonyl (C=O) groups excluding carboxylic acids is 2. The Labute approximate surface area is 264 Å². The highest BCUT2D eigenvalue weighted by atomic mass is 16.6. The largest absolute Gasteiger partial charge is 0.457 e. The molecule has 4 aromatic carbocycles. The van der Waals surface area contributed by atoms with Crippen molar-refractivity contribution in [2.75, 3.05) is 0 Å². The fourth-order valence-corrected chi connectivity index (χ4v) is 6.24. The van der Waals surface area contributed by atoms with E-state index >= 15 is 0 Å². The summed E-state index contributed by atoms with van der Waals surface area (Å²) in [6.45, 7) is 10.2. The summed E-state index contributed by atoms with van der Waals surface area (Å²) in [5.41, 5.74) is 8.04. The molecule has 45 heavy (non-hydrogen) atoms. The normalized spacial score (nSPS) is 15.5. The molecule has 0 aromatic heterocycles. The monoisotopic (exact) mass is 602 g/mol. The Balaban J connectivity index is 1.52. The third kappa shape index (κ3) is 6.25. The molecule has 230 valence electrons. The molecule has 0 radical (unpaired) electrons. The predicted octanol–water partition coefficient (Wildman–Crippen LogP) is 6.09. The van der Waals surface area contributed by atoms with Crippen LogP contribution in [0.5, 0.6) is 0 Å². The smallest absolute Gasteiger partial charge is 0.330 e. The summed E-state index contributed by atoms with van der Waals surface area (Å²) in [7, 11) is 0. The van der Waals surface area contributed by atoms with Crippen LogP contribution in [0.25, 0.3) is 11.1 Å². The van der Waals surface area contributed by atoms with Crippen molar-refractivity contribution in [2.24, 2.45) is 0 Å². The minimum Gasteiger partial charge on any atom is -0.457 e. The van der Waals surface area contributed by atoms with Gasteiger partial charge in [-0.05, 0) is 58.4 Å². The lowest BCUT2D eigenvalue weighted by Crippen LogP contribution is -2.30. The molecule has 0 fully saturated rings. The van der Waals surface area contributed by atoms with Crippen LogP contribution in [0.4, 0.5) is 0 Å². The van der Waals surface area contributed by atoms with Gasteiger partial charge in [-0.2, -0.15) is 0 Å². The van der Waals surface area contributed by atoms with E-state index in [0.717, 1.165) is 34.4 Å². The van der Waals surface area contributed by atoms with Gasteiger partial charge in [-0.1, -0.05) is 110 Å². The lowest BCUT2D eigenvalue weighted by Gasteiger charge is -2.34. The van der Waals surface area contributed by atoms with Crippen LogP contribution in [0.2, 0.25) is 0 Å². The number of fused-ring (bicyclic) bond motifs is 3. The molecular formula is C39H38O6. The highest BCUT2D eigenvalue weighted by molar-refractivity contribution is 5.86. The molecule has 5 rings (SSSR count). The summed E-state index contributed by atoms with van der Waals surface area (Å²) >= 11 is 0. The first-order chi connectivity index (χ1) is 21.7.